The van der Waals surface area contributed by atoms with Gasteiger partial charge < -0.3 is 14.4 Å². The lowest BCUT2D eigenvalue weighted by Gasteiger charge is -2.36. The van der Waals surface area contributed by atoms with Crippen LogP contribution in [0, 0.1) is 0 Å². The van der Waals surface area contributed by atoms with Crippen molar-refractivity contribution in [3.8, 4) is 0 Å². The first-order valence-corrected chi connectivity index (χ1v) is 6.86. The first kappa shape index (κ1) is 12.7. The van der Waals surface area contributed by atoms with Crippen LogP contribution in [0.2, 0.25) is 0 Å². The summed E-state index contributed by atoms with van der Waals surface area (Å²) in [7, 11) is 0. The van der Waals surface area contributed by atoms with E-state index in [9.17, 15) is 4.79 Å². The lowest BCUT2D eigenvalue weighted by atomic mass is 10.2. The lowest BCUT2D eigenvalue weighted by molar-refractivity contribution is -0.132. The maximum atomic E-state index is 12.2. The molecule has 1 aromatic heterocycles. The molecule has 20 heavy (non-hydrogen) atoms. The molecule has 0 unspecified atom stereocenters. The minimum Gasteiger partial charge on any atom is -0.368 e. The van der Waals surface area contributed by atoms with Gasteiger partial charge in [-0.05, 0) is 12.1 Å². The molecule has 0 N–H and O–H groups in total. The number of anilines is 1. The van der Waals surface area contributed by atoms with Crippen LogP contribution in [0.5, 0.6) is 0 Å². The second-order valence-corrected chi connectivity index (χ2v) is 4.94. The number of imidazole rings is 1. The van der Waals surface area contributed by atoms with Gasteiger partial charge in [-0.25, -0.2) is 4.98 Å². The number of carbonyl (C=O) groups excluding carboxylic acids is 1. The van der Waals surface area contributed by atoms with Crippen molar-refractivity contribution >= 4 is 11.6 Å². The molecule has 0 radical (unpaired) electrons. The summed E-state index contributed by atoms with van der Waals surface area (Å²) in [5, 5.41) is 0. The Balaban J connectivity index is 1.54. The van der Waals surface area contributed by atoms with Crippen LogP contribution in [0.1, 0.15) is 0 Å². The largest absolute Gasteiger partial charge is 0.368 e. The molecule has 0 bridgehead atoms. The van der Waals surface area contributed by atoms with Gasteiger partial charge in [-0.2, -0.15) is 0 Å². The topological polar surface area (TPSA) is 41.4 Å². The normalized spacial score (nSPS) is 15.4. The molecule has 104 valence electrons. The molecule has 3 rings (SSSR count). The Hall–Kier alpha value is -2.30. The van der Waals surface area contributed by atoms with Crippen molar-refractivity contribution in [1.29, 1.82) is 0 Å². The van der Waals surface area contributed by atoms with Crippen LogP contribution in [0.4, 0.5) is 5.69 Å². The third kappa shape index (κ3) is 2.82. The third-order valence-electron chi connectivity index (χ3n) is 3.63. The molecule has 0 saturated carbocycles. The Labute approximate surface area is 118 Å². The summed E-state index contributed by atoms with van der Waals surface area (Å²) in [5.41, 5.74) is 1.23. The molecule has 2 aromatic rings. The number of hydrogen-bond donors (Lipinski definition) is 0. The van der Waals surface area contributed by atoms with E-state index in [0.29, 0.717) is 6.54 Å². The van der Waals surface area contributed by atoms with Crippen molar-refractivity contribution in [1.82, 2.24) is 14.5 Å². The highest BCUT2D eigenvalue weighted by Crippen LogP contribution is 2.15. The number of rotatable bonds is 3. The van der Waals surface area contributed by atoms with E-state index in [-0.39, 0.29) is 5.91 Å². The average Bonchev–Trinajstić information content (AvgIpc) is 3.01. The summed E-state index contributed by atoms with van der Waals surface area (Å²) >= 11 is 0. The van der Waals surface area contributed by atoms with E-state index in [0.717, 1.165) is 26.2 Å². The number of aromatic nitrogens is 2. The first-order chi connectivity index (χ1) is 9.83. The zero-order valence-corrected chi connectivity index (χ0v) is 11.4. The summed E-state index contributed by atoms with van der Waals surface area (Å²) in [6.45, 7) is 3.72. The zero-order chi connectivity index (χ0) is 13.8. The number of hydrogen-bond acceptors (Lipinski definition) is 3. The monoisotopic (exact) mass is 270 g/mol. The van der Waals surface area contributed by atoms with Gasteiger partial charge >= 0.3 is 0 Å². The van der Waals surface area contributed by atoms with Crippen LogP contribution in [0.25, 0.3) is 0 Å². The SMILES string of the molecule is O=C(Cn1ccnc1)N1CCN(c2ccccc2)CC1. The molecule has 1 aliphatic heterocycles. The summed E-state index contributed by atoms with van der Waals surface area (Å²) in [6.07, 6.45) is 5.19. The fourth-order valence-corrected chi connectivity index (χ4v) is 2.49. The summed E-state index contributed by atoms with van der Waals surface area (Å²) < 4.78 is 1.81. The summed E-state index contributed by atoms with van der Waals surface area (Å²) in [6, 6.07) is 10.3. The Morgan fingerprint density at radius 1 is 1.10 bits per heavy atom. The average molecular weight is 270 g/mol. The second kappa shape index (κ2) is 5.77. The second-order valence-electron chi connectivity index (χ2n) is 4.94. The van der Waals surface area contributed by atoms with Crippen LogP contribution in [-0.4, -0.2) is 46.5 Å². The van der Waals surface area contributed by atoms with Crippen molar-refractivity contribution in [3.05, 3.63) is 49.1 Å². The lowest BCUT2D eigenvalue weighted by Crippen LogP contribution is -2.49. The van der Waals surface area contributed by atoms with E-state index >= 15 is 0 Å². The van der Waals surface area contributed by atoms with Crippen molar-refractivity contribution < 1.29 is 4.79 Å². The van der Waals surface area contributed by atoms with E-state index < -0.39 is 0 Å². The molecule has 2 heterocycles. The Kier molecular flexibility index (Phi) is 3.67. The molecule has 1 fully saturated rings. The number of amides is 1. The van der Waals surface area contributed by atoms with E-state index in [4.69, 9.17) is 0 Å². The Bertz CT molecular complexity index is 545. The number of piperazine rings is 1. The Morgan fingerprint density at radius 2 is 1.85 bits per heavy atom. The predicted molar refractivity (Wildman–Crippen MR) is 77.5 cm³/mol. The number of nitrogens with zero attached hydrogens (tertiary/aromatic N) is 4. The highest BCUT2D eigenvalue weighted by atomic mass is 16.2. The zero-order valence-electron chi connectivity index (χ0n) is 11.4. The fraction of sp³-hybridized carbons (Fsp3) is 0.333. The highest BCUT2D eigenvalue weighted by molar-refractivity contribution is 5.76. The van der Waals surface area contributed by atoms with E-state index in [2.05, 4.69) is 22.0 Å². The van der Waals surface area contributed by atoms with Crippen molar-refractivity contribution in [2.24, 2.45) is 0 Å². The van der Waals surface area contributed by atoms with Gasteiger partial charge in [-0.15, -0.1) is 0 Å². The Morgan fingerprint density at radius 3 is 2.50 bits per heavy atom. The highest BCUT2D eigenvalue weighted by Gasteiger charge is 2.21. The molecule has 0 aliphatic carbocycles. The standard InChI is InChI=1S/C15H18N4O/c20-15(12-17-7-6-16-13-17)19-10-8-18(9-11-19)14-4-2-1-3-5-14/h1-7,13H,8-12H2. The molecule has 0 spiro atoms. The van der Waals surface area contributed by atoms with Gasteiger partial charge in [-0.3, -0.25) is 4.79 Å². The molecule has 5 heteroatoms. The van der Waals surface area contributed by atoms with E-state index in [1.807, 2.05) is 33.9 Å². The van der Waals surface area contributed by atoms with Crippen molar-refractivity contribution in [2.45, 2.75) is 6.54 Å². The third-order valence-corrected chi connectivity index (χ3v) is 3.63. The minimum atomic E-state index is 0.163. The van der Waals surface area contributed by atoms with Gasteiger partial charge in [0.2, 0.25) is 5.91 Å². The molecule has 1 saturated heterocycles. The molecular weight excluding hydrogens is 252 g/mol. The smallest absolute Gasteiger partial charge is 0.242 e. The van der Waals surface area contributed by atoms with E-state index in [1.165, 1.54) is 5.69 Å². The maximum Gasteiger partial charge on any atom is 0.242 e. The molecule has 0 atom stereocenters. The van der Waals surface area contributed by atoms with Gasteiger partial charge in [-0.1, -0.05) is 18.2 Å². The summed E-state index contributed by atoms with van der Waals surface area (Å²) in [4.78, 5) is 20.4. The van der Waals surface area contributed by atoms with Crippen LogP contribution < -0.4 is 4.90 Å². The van der Waals surface area contributed by atoms with Crippen LogP contribution in [0.3, 0.4) is 0 Å². The van der Waals surface area contributed by atoms with Gasteiger partial charge in [0, 0.05) is 44.3 Å². The maximum absolute atomic E-state index is 12.2. The van der Waals surface area contributed by atoms with Gasteiger partial charge in [0.25, 0.3) is 0 Å². The summed E-state index contributed by atoms with van der Waals surface area (Å²) in [5.74, 6) is 0.163. The quantitative estimate of drug-likeness (QED) is 0.842. The minimum absolute atomic E-state index is 0.163. The first-order valence-electron chi connectivity index (χ1n) is 6.86. The van der Waals surface area contributed by atoms with Gasteiger partial charge in [0.1, 0.15) is 6.54 Å². The van der Waals surface area contributed by atoms with Crippen molar-refractivity contribution in [3.63, 3.8) is 0 Å². The van der Waals surface area contributed by atoms with Crippen LogP contribution in [0.15, 0.2) is 49.1 Å². The molecule has 1 aliphatic rings. The number of carbonyl (C=O) groups is 1. The molecule has 1 amide bonds. The number of para-hydroxylation sites is 1. The molecule has 5 nitrogen and oxygen atoms in total. The number of benzene rings is 1. The molecular formula is C15H18N4O. The van der Waals surface area contributed by atoms with Gasteiger partial charge in [0.15, 0.2) is 0 Å². The fourth-order valence-electron chi connectivity index (χ4n) is 2.49. The molecule has 1 aromatic carbocycles. The van der Waals surface area contributed by atoms with E-state index in [1.54, 1.807) is 12.5 Å². The van der Waals surface area contributed by atoms with Crippen LogP contribution in [-0.2, 0) is 11.3 Å². The van der Waals surface area contributed by atoms with Crippen LogP contribution >= 0.6 is 0 Å². The van der Waals surface area contributed by atoms with Gasteiger partial charge in [0.05, 0.1) is 6.33 Å². The predicted octanol–water partition coefficient (Wildman–Crippen LogP) is 1.23. The van der Waals surface area contributed by atoms with Crippen molar-refractivity contribution in [2.75, 3.05) is 31.1 Å².